The molecule has 1 unspecified atom stereocenters. The molecule has 0 aromatic heterocycles. The zero-order valence-corrected chi connectivity index (χ0v) is 11.0. The largest absolute Gasteiger partial charge is 0.388 e. The Labute approximate surface area is 113 Å². The molecule has 2 rings (SSSR count). The second-order valence-electron chi connectivity index (χ2n) is 4.62. The minimum atomic E-state index is -0.637. The standard InChI is InChI=1S/C16H18FNO/c1-18(15-8-3-2-4-9-15)11-10-16(19)13-6-5-7-14(17)12-13/h2-9,12,16,19H,10-11H2,1H3. The number of halogens is 1. The number of aliphatic hydroxyl groups is 1. The summed E-state index contributed by atoms with van der Waals surface area (Å²) in [5.74, 6) is -0.312. The summed E-state index contributed by atoms with van der Waals surface area (Å²) >= 11 is 0. The predicted octanol–water partition coefficient (Wildman–Crippen LogP) is 3.39. The third kappa shape index (κ3) is 3.80. The molecule has 1 N–H and O–H groups in total. The highest BCUT2D eigenvalue weighted by molar-refractivity contribution is 5.44. The molecule has 0 amide bonds. The fourth-order valence-electron chi connectivity index (χ4n) is 2.01. The average Bonchev–Trinajstić information content (AvgIpc) is 2.45. The molecule has 2 aromatic rings. The van der Waals surface area contributed by atoms with E-state index in [4.69, 9.17) is 0 Å². The van der Waals surface area contributed by atoms with Gasteiger partial charge in [0.05, 0.1) is 6.10 Å². The van der Waals surface area contributed by atoms with E-state index in [9.17, 15) is 9.50 Å². The maximum atomic E-state index is 13.1. The number of hydrogen-bond donors (Lipinski definition) is 1. The molecule has 0 saturated heterocycles. The first-order chi connectivity index (χ1) is 9.16. The molecule has 0 aliphatic heterocycles. The number of benzene rings is 2. The van der Waals surface area contributed by atoms with Gasteiger partial charge < -0.3 is 10.0 Å². The van der Waals surface area contributed by atoms with Crippen molar-refractivity contribution < 1.29 is 9.50 Å². The minimum Gasteiger partial charge on any atom is -0.388 e. The fourth-order valence-corrected chi connectivity index (χ4v) is 2.01. The van der Waals surface area contributed by atoms with E-state index in [2.05, 4.69) is 4.90 Å². The highest BCUT2D eigenvalue weighted by atomic mass is 19.1. The molecular formula is C16H18FNO. The van der Waals surface area contributed by atoms with Gasteiger partial charge in [0.1, 0.15) is 5.82 Å². The Kier molecular flexibility index (Phi) is 4.53. The van der Waals surface area contributed by atoms with Gasteiger partial charge in [-0.3, -0.25) is 0 Å². The van der Waals surface area contributed by atoms with Gasteiger partial charge in [-0.15, -0.1) is 0 Å². The Bertz CT molecular complexity index is 515. The number of para-hydroxylation sites is 1. The van der Waals surface area contributed by atoms with Gasteiger partial charge in [0.15, 0.2) is 0 Å². The molecule has 0 spiro atoms. The molecule has 2 aromatic carbocycles. The van der Waals surface area contributed by atoms with Crippen LogP contribution in [0.1, 0.15) is 18.1 Å². The van der Waals surface area contributed by atoms with Crippen molar-refractivity contribution in [2.45, 2.75) is 12.5 Å². The van der Waals surface area contributed by atoms with Crippen LogP contribution in [-0.2, 0) is 0 Å². The number of hydrogen-bond acceptors (Lipinski definition) is 2. The molecule has 100 valence electrons. The van der Waals surface area contributed by atoms with Crippen LogP contribution in [0.15, 0.2) is 54.6 Å². The van der Waals surface area contributed by atoms with Gasteiger partial charge in [0.2, 0.25) is 0 Å². The first-order valence-corrected chi connectivity index (χ1v) is 6.36. The molecular weight excluding hydrogens is 241 g/mol. The van der Waals surface area contributed by atoms with Gasteiger partial charge in [0.25, 0.3) is 0 Å². The lowest BCUT2D eigenvalue weighted by molar-refractivity contribution is 0.169. The summed E-state index contributed by atoms with van der Waals surface area (Å²) in [5.41, 5.74) is 1.73. The normalized spacial score (nSPS) is 12.2. The Morgan fingerprint density at radius 3 is 2.53 bits per heavy atom. The highest BCUT2D eigenvalue weighted by Crippen LogP contribution is 2.19. The summed E-state index contributed by atoms with van der Waals surface area (Å²) in [6, 6.07) is 16.1. The lowest BCUT2D eigenvalue weighted by Gasteiger charge is -2.21. The predicted molar refractivity (Wildman–Crippen MR) is 75.7 cm³/mol. The van der Waals surface area contributed by atoms with Gasteiger partial charge in [-0.1, -0.05) is 30.3 Å². The average molecular weight is 259 g/mol. The topological polar surface area (TPSA) is 23.5 Å². The lowest BCUT2D eigenvalue weighted by Crippen LogP contribution is -2.20. The summed E-state index contributed by atoms with van der Waals surface area (Å²) < 4.78 is 13.1. The molecule has 0 aliphatic rings. The van der Waals surface area contributed by atoms with Gasteiger partial charge in [-0.2, -0.15) is 0 Å². The molecule has 0 bridgehead atoms. The third-order valence-corrected chi connectivity index (χ3v) is 3.17. The summed E-state index contributed by atoms with van der Waals surface area (Å²) in [6.45, 7) is 0.710. The van der Waals surface area contributed by atoms with Crippen LogP contribution < -0.4 is 4.90 Å². The van der Waals surface area contributed by atoms with Crippen LogP contribution in [0.25, 0.3) is 0 Å². The summed E-state index contributed by atoms with van der Waals surface area (Å²) in [4.78, 5) is 2.07. The first-order valence-electron chi connectivity index (χ1n) is 6.36. The van der Waals surface area contributed by atoms with Crippen molar-refractivity contribution in [2.24, 2.45) is 0 Å². The molecule has 0 radical (unpaired) electrons. The van der Waals surface area contributed by atoms with E-state index in [-0.39, 0.29) is 5.82 Å². The highest BCUT2D eigenvalue weighted by Gasteiger charge is 2.09. The van der Waals surface area contributed by atoms with Gasteiger partial charge in [-0.05, 0) is 36.2 Å². The van der Waals surface area contributed by atoms with Crippen molar-refractivity contribution in [1.29, 1.82) is 0 Å². The van der Waals surface area contributed by atoms with Crippen LogP contribution in [0.4, 0.5) is 10.1 Å². The van der Waals surface area contributed by atoms with Gasteiger partial charge in [0, 0.05) is 19.3 Å². The Morgan fingerprint density at radius 2 is 1.84 bits per heavy atom. The maximum Gasteiger partial charge on any atom is 0.123 e. The molecule has 0 aliphatic carbocycles. The third-order valence-electron chi connectivity index (χ3n) is 3.17. The van der Waals surface area contributed by atoms with Crippen LogP contribution >= 0.6 is 0 Å². The summed E-state index contributed by atoms with van der Waals surface area (Å²) in [7, 11) is 1.98. The van der Waals surface area contributed by atoms with Crippen LogP contribution in [0.2, 0.25) is 0 Å². The van der Waals surface area contributed by atoms with E-state index >= 15 is 0 Å². The number of anilines is 1. The van der Waals surface area contributed by atoms with Crippen LogP contribution in [0.5, 0.6) is 0 Å². The van der Waals surface area contributed by atoms with Crippen molar-refractivity contribution >= 4 is 5.69 Å². The van der Waals surface area contributed by atoms with Crippen LogP contribution in [0.3, 0.4) is 0 Å². The van der Waals surface area contributed by atoms with Gasteiger partial charge in [-0.25, -0.2) is 4.39 Å². The van der Waals surface area contributed by atoms with Crippen LogP contribution in [-0.4, -0.2) is 18.7 Å². The molecule has 3 heteroatoms. The Morgan fingerprint density at radius 1 is 1.11 bits per heavy atom. The fraction of sp³-hybridized carbons (Fsp3) is 0.250. The number of aliphatic hydroxyl groups excluding tert-OH is 1. The van der Waals surface area contributed by atoms with Crippen molar-refractivity contribution in [3.05, 3.63) is 66.0 Å². The van der Waals surface area contributed by atoms with E-state index < -0.39 is 6.10 Å². The zero-order valence-electron chi connectivity index (χ0n) is 11.0. The quantitative estimate of drug-likeness (QED) is 0.889. The minimum absolute atomic E-state index is 0.312. The second-order valence-corrected chi connectivity index (χ2v) is 4.62. The Balaban J connectivity index is 1.92. The van der Waals surface area contributed by atoms with Gasteiger partial charge >= 0.3 is 0 Å². The number of rotatable bonds is 5. The molecule has 2 nitrogen and oxygen atoms in total. The monoisotopic (exact) mass is 259 g/mol. The first kappa shape index (κ1) is 13.6. The summed E-state index contributed by atoms with van der Waals surface area (Å²) in [5, 5.41) is 10.0. The van der Waals surface area contributed by atoms with E-state index in [1.165, 1.54) is 12.1 Å². The molecule has 0 fully saturated rings. The zero-order chi connectivity index (χ0) is 13.7. The van der Waals surface area contributed by atoms with Crippen molar-refractivity contribution in [3.8, 4) is 0 Å². The van der Waals surface area contributed by atoms with E-state index in [1.54, 1.807) is 12.1 Å². The van der Waals surface area contributed by atoms with Crippen molar-refractivity contribution in [1.82, 2.24) is 0 Å². The van der Waals surface area contributed by atoms with Crippen molar-refractivity contribution in [2.75, 3.05) is 18.5 Å². The molecule has 1 atom stereocenters. The van der Waals surface area contributed by atoms with Crippen LogP contribution in [0, 0.1) is 5.82 Å². The van der Waals surface area contributed by atoms with Crippen molar-refractivity contribution in [3.63, 3.8) is 0 Å². The number of nitrogens with zero attached hydrogens (tertiary/aromatic N) is 1. The maximum absolute atomic E-state index is 13.1. The SMILES string of the molecule is CN(CCC(O)c1cccc(F)c1)c1ccccc1. The molecule has 19 heavy (non-hydrogen) atoms. The molecule has 0 saturated carbocycles. The lowest BCUT2D eigenvalue weighted by atomic mass is 10.1. The van der Waals surface area contributed by atoms with E-state index in [0.717, 1.165) is 5.69 Å². The smallest absolute Gasteiger partial charge is 0.123 e. The Hall–Kier alpha value is -1.87. The van der Waals surface area contributed by atoms with E-state index in [1.807, 2.05) is 37.4 Å². The summed E-state index contributed by atoms with van der Waals surface area (Å²) in [6.07, 6.45) is -0.0728. The molecule has 0 heterocycles. The second kappa shape index (κ2) is 6.34. The van der Waals surface area contributed by atoms with E-state index in [0.29, 0.717) is 18.5 Å².